The summed E-state index contributed by atoms with van der Waals surface area (Å²) in [6.45, 7) is 2.17. The van der Waals surface area contributed by atoms with E-state index in [0.29, 0.717) is 42.5 Å². The molecule has 2 aliphatic heterocycles. The van der Waals surface area contributed by atoms with Gasteiger partial charge in [-0.05, 0) is 23.8 Å². The molecule has 0 radical (unpaired) electrons. The van der Waals surface area contributed by atoms with Crippen LogP contribution in [0, 0.1) is 0 Å². The lowest BCUT2D eigenvalue weighted by molar-refractivity contribution is 0.0789. The molecule has 2 aliphatic rings. The molecule has 4 rings (SSSR count). The molecule has 0 spiro atoms. The van der Waals surface area contributed by atoms with Crippen LogP contribution in [0.5, 0.6) is 0 Å². The average Bonchev–Trinajstić information content (AvgIpc) is 3.28. The summed E-state index contributed by atoms with van der Waals surface area (Å²) in [6, 6.07) is 14.8. The van der Waals surface area contributed by atoms with Crippen molar-refractivity contribution in [2.75, 3.05) is 31.1 Å². The van der Waals surface area contributed by atoms with Crippen LogP contribution in [0.2, 0.25) is 5.02 Å². The van der Waals surface area contributed by atoms with Gasteiger partial charge in [-0.15, -0.1) is 12.4 Å². The third-order valence-corrected chi connectivity index (χ3v) is 5.54. The minimum absolute atomic E-state index is 0. The number of likely N-dealkylation sites (tertiary alicyclic amines) is 1. The summed E-state index contributed by atoms with van der Waals surface area (Å²) < 4.78 is 0. The zero-order chi connectivity index (χ0) is 19.0. The topological polar surface area (TPSA) is 78.7 Å². The number of nitrogens with two attached hydrogens (primary N) is 1. The zero-order valence-corrected chi connectivity index (χ0v) is 16.7. The number of hydrogen-bond acceptors (Lipinski definition) is 3. The lowest BCUT2D eigenvalue weighted by atomic mass is 9.95. The second-order valence-corrected chi connectivity index (χ2v) is 7.35. The third-order valence-electron chi connectivity index (χ3n) is 5.22. The van der Waals surface area contributed by atoms with E-state index < -0.39 is 0 Å². The summed E-state index contributed by atoms with van der Waals surface area (Å²) in [5, 5.41) is 3.19. The first-order valence-corrected chi connectivity index (χ1v) is 9.37. The number of carbonyl (C=O) groups excluding carboxylic acids is 2. The Balaban J connectivity index is 0.00000225. The van der Waals surface area contributed by atoms with Crippen LogP contribution in [0.4, 0.5) is 10.5 Å². The van der Waals surface area contributed by atoms with Crippen LogP contribution in [0.3, 0.4) is 0 Å². The number of halogens is 2. The van der Waals surface area contributed by atoms with E-state index in [4.69, 9.17) is 17.3 Å². The molecule has 148 valence electrons. The summed E-state index contributed by atoms with van der Waals surface area (Å²) in [7, 11) is 0. The van der Waals surface area contributed by atoms with Gasteiger partial charge in [0, 0.05) is 43.7 Å². The maximum absolute atomic E-state index is 13.0. The highest BCUT2D eigenvalue weighted by Gasteiger charge is 2.34. The molecule has 0 saturated carbocycles. The van der Waals surface area contributed by atoms with Crippen molar-refractivity contribution in [3.8, 4) is 0 Å². The summed E-state index contributed by atoms with van der Waals surface area (Å²) in [5.74, 6) is 0.0210. The van der Waals surface area contributed by atoms with Gasteiger partial charge in [0.2, 0.25) is 0 Å². The van der Waals surface area contributed by atoms with Gasteiger partial charge in [-0.2, -0.15) is 0 Å². The fourth-order valence-electron chi connectivity index (χ4n) is 3.78. The predicted octanol–water partition coefficient (Wildman–Crippen LogP) is 2.86. The van der Waals surface area contributed by atoms with Crippen molar-refractivity contribution in [2.24, 2.45) is 5.73 Å². The van der Waals surface area contributed by atoms with E-state index in [1.54, 1.807) is 28.0 Å². The summed E-state index contributed by atoms with van der Waals surface area (Å²) in [4.78, 5) is 28.3. The number of carbonyl (C=O) groups is 2. The van der Waals surface area contributed by atoms with Gasteiger partial charge >= 0.3 is 6.03 Å². The molecule has 2 atom stereocenters. The number of rotatable bonds is 3. The van der Waals surface area contributed by atoms with E-state index in [1.165, 1.54) is 0 Å². The molecule has 2 aromatic carbocycles. The Morgan fingerprint density at radius 1 is 1.14 bits per heavy atom. The maximum atomic E-state index is 13.0. The lowest BCUT2D eigenvalue weighted by Gasteiger charge is -2.20. The Morgan fingerprint density at radius 2 is 1.89 bits per heavy atom. The van der Waals surface area contributed by atoms with Gasteiger partial charge in [0.1, 0.15) is 0 Å². The molecule has 3 amide bonds. The Labute approximate surface area is 175 Å². The van der Waals surface area contributed by atoms with E-state index >= 15 is 0 Å². The predicted molar refractivity (Wildman–Crippen MR) is 113 cm³/mol. The van der Waals surface area contributed by atoms with Gasteiger partial charge < -0.3 is 16.0 Å². The molecule has 28 heavy (non-hydrogen) atoms. The standard InChI is InChI=1S/C20H21ClN4O2.ClH/c21-16-7-6-14(10-18(16)25-9-8-23-20(25)27)19(26)24-11-15(17(22)12-24)13-4-2-1-3-5-13;/h1-7,10,15,17H,8-9,11-12,22H2,(H,23,27);1H/t15-,17+;/m0./s1. The first-order valence-electron chi connectivity index (χ1n) is 8.99. The smallest absolute Gasteiger partial charge is 0.322 e. The molecule has 0 aromatic heterocycles. The van der Waals surface area contributed by atoms with E-state index in [9.17, 15) is 9.59 Å². The van der Waals surface area contributed by atoms with Crippen molar-refractivity contribution in [3.63, 3.8) is 0 Å². The number of benzene rings is 2. The second kappa shape index (κ2) is 8.39. The molecular formula is C20H22Cl2N4O2. The molecule has 3 N–H and O–H groups in total. The fourth-order valence-corrected chi connectivity index (χ4v) is 4.00. The van der Waals surface area contributed by atoms with Crippen molar-refractivity contribution >= 4 is 41.6 Å². The molecule has 0 aliphatic carbocycles. The van der Waals surface area contributed by atoms with Crippen LogP contribution in [-0.2, 0) is 0 Å². The molecule has 2 fully saturated rings. The van der Waals surface area contributed by atoms with Crippen molar-refractivity contribution in [3.05, 3.63) is 64.7 Å². The Morgan fingerprint density at radius 3 is 2.57 bits per heavy atom. The number of amides is 3. The van der Waals surface area contributed by atoms with Gasteiger partial charge in [0.15, 0.2) is 0 Å². The zero-order valence-electron chi connectivity index (χ0n) is 15.2. The van der Waals surface area contributed by atoms with Gasteiger partial charge in [0.05, 0.1) is 10.7 Å². The fraction of sp³-hybridized carbons (Fsp3) is 0.300. The van der Waals surface area contributed by atoms with Crippen molar-refractivity contribution in [2.45, 2.75) is 12.0 Å². The summed E-state index contributed by atoms with van der Waals surface area (Å²) in [6.07, 6.45) is 0. The quantitative estimate of drug-likeness (QED) is 0.800. The van der Waals surface area contributed by atoms with Crippen LogP contribution in [-0.4, -0.2) is 49.1 Å². The van der Waals surface area contributed by atoms with Crippen LogP contribution in [0.25, 0.3) is 0 Å². The molecule has 2 aromatic rings. The third kappa shape index (κ3) is 3.81. The molecule has 8 heteroatoms. The summed E-state index contributed by atoms with van der Waals surface area (Å²) >= 11 is 6.27. The molecule has 0 bridgehead atoms. The molecule has 2 heterocycles. The monoisotopic (exact) mass is 420 g/mol. The van der Waals surface area contributed by atoms with Gasteiger partial charge in [0.25, 0.3) is 5.91 Å². The number of hydrogen-bond donors (Lipinski definition) is 2. The largest absolute Gasteiger partial charge is 0.336 e. The average molecular weight is 421 g/mol. The highest BCUT2D eigenvalue weighted by atomic mass is 35.5. The van der Waals surface area contributed by atoms with Crippen LogP contribution in [0.1, 0.15) is 21.8 Å². The summed E-state index contributed by atoms with van der Waals surface area (Å²) in [5.41, 5.74) is 8.52. The molecule has 6 nitrogen and oxygen atoms in total. The Bertz CT molecular complexity index is 878. The minimum atomic E-state index is -0.200. The minimum Gasteiger partial charge on any atom is -0.336 e. The maximum Gasteiger partial charge on any atom is 0.322 e. The normalized spacial score (nSPS) is 21.4. The first-order chi connectivity index (χ1) is 13.0. The van der Waals surface area contributed by atoms with Crippen molar-refractivity contribution in [1.82, 2.24) is 10.2 Å². The SMILES string of the molecule is Cl.N[C@@H]1CN(C(=O)c2ccc(Cl)c(N3CCNC3=O)c2)C[C@H]1c1ccccc1. The van der Waals surface area contributed by atoms with Crippen molar-refractivity contribution in [1.29, 1.82) is 0 Å². The first kappa shape index (κ1) is 20.5. The molecule has 0 unspecified atom stereocenters. The van der Waals surface area contributed by atoms with E-state index in [1.807, 2.05) is 30.3 Å². The van der Waals surface area contributed by atoms with E-state index in [2.05, 4.69) is 5.32 Å². The number of urea groups is 1. The van der Waals surface area contributed by atoms with Crippen molar-refractivity contribution < 1.29 is 9.59 Å². The highest BCUT2D eigenvalue weighted by molar-refractivity contribution is 6.34. The van der Waals surface area contributed by atoms with Crippen LogP contribution < -0.4 is 16.0 Å². The second-order valence-electron chi connectivity index (χ2n) is 6.94. The van der Waals surface area contributed by atoms with Crippen LogP contribution >= 0.6 is 24.0 Å². The van der Waals surface area contributed by atoms with Gasteiger partial charge in [-0.25, -0.2) is 4.79 Å². The van der Waals surface area contributed by atoms with E-state index in [-0.39, 0.29) is 36.3 Å². The van der Waals surface area contributed by atoms with E-state index in [0.717, 1.165) is 5.56 Å². The lowest BCUT2D eigenvalue weighted by Crippen LogP contribution is -2.32. The molecular weight excluding hydrogens is 399 g/mol. The highest BCUT2D eigenvalue weighted by Crippen LogP contribution is 2.31. The number of anilines is 1. The Hall–Kier alpha value is -2.28. The van der Waals surface area contributed by atoms with Crippen LogP contribution in [0.15, 0.2) is 48.5 Å². The molecule has 2 saturated heterocycles. The van der Waals surface area contributed by atoms with Gasteiger partial charge in [-0.3, -0.25) is 9.69 Å². The number of nitrogens with one attached hydrogen (secondary N) is 1. The number of nitrogens with zero attached hydrogens (tertiary/aromatic N) is 2. The Kier molecular flexibility index (Phi) is 6.13. The van der Waals surface area contributed by atoms with Gasteiger partial charge in [-0.1, -0.05) is 41.9 Å².